The maximum absolute atomic E-state index is 13.7. The van der Waals surface area contributed by atoms with Gasteiger partial charge in [0.05, 0.1) is 11.6 Å². The molecular weight excluding hydrogens is 510 g/mol. The van der Waals surface area contributed by atoms with Crippen molar-refractivity contribution in [2.45, 2.75) is 64.6 Å². The summed E-state index contributed by atoms with van der Waals surface area (Å²) < 4.78 is 2.02. The maximum atomic E-state index is 13.7. The van der Waals surface area contributed by atoms with Gasteiger partial charge in [-0.1, -0.05) is 54.6 Å². The summed E-state index contributed by atoms with van der Waals surface area (Å²) in [6.45, 7) is 8.46. The number of aryl methyl sites for hydroxylation is 2. The number of H-pyrrole nitrogens is 1. The first-order chi connectivity index (χ1) is 19.0. The Bertz CT molecular complexity index is 1500. The van der Waals surface area contributed by atoms with Crippen molar-refractivity contribution in [2.24, 2.45) is 0 Å². The van der Waals surface area contributed by atoms with Gasteiger partial charge in [-0.05, 0) is 77.9 Å². The monoisotopic (exact) mass is 545 g/mol. The molecule has 1 aliphatic heterocycles. The average molecular weight is 546 g/mol. The third kappa shape index (κ3) is 5.51. The summed E-state index contributed by atoms with van der Waals surface area (Å²) in [4.78, 5) is 21.7. The molecular formula is C30H36ClN7O. The van der Waals surface area contributed by atoms with E-state index in [1.54, 1.807) is 0 Å². The first kappa shape index (κ1) is 26.2. The van der Waals surface area contributed by atoms with E-state index in [2.05, 4.69) is 67.6 Å². The van der Waals surface area contributed by atoms with E-state index >= 15 is 0 Å². The molecule has 8 nitrogen and oxygen atoms in total. The lowest BCUT2D eigenvalue weighted by molar-refractivity contribution is 0.0982. The Morgan fingerprint density at radius 2 is 1.74 bits per heavy atom. The number of pyridine rings is 1. The van der Waals surface area contributed by atoms with Crippen molar-refractivity contribution < 1.29 is 0 Å². The molecule has 4 aromatic rings. The molecule has 2 aromatic carbocycles. The molecule has 1 N–H and O–H groups in total. The van der Waals surface area contributed by atoms with Crippen LogP contribution in [0.25, 0.3) is 10.9 Å². The number of tetrazole rings is 1. The summed E-state index contributed by atoms with van der Waals surface area (Å²) >= 11 is 6.08. The van der Waals surface area contributed by atoms with E-state index in [4.69, 9.17) is 11.6 Å². The molecule has 2 fully saturated rings. The van der Waals surface area contributed by atoms with Crippen LogP contribution in [0.15, 0.2) is 47.3 Å². The Balaban J connectivity index is 1.35. The molecule has 0 radical (unpaired) electrons. The quantitative estimate of drug-likeness (QED) is 0.359. The van der Waals surface area contributed by atoms with Gasteiger partial charge < -0.3 is 4.98 Å². The van der Waals surface area contributed by atoms with E-state index < -0.39 is 0 Å². The largest absolute Gasteiger partial charge is 0.321 e. The molecule has 39 heavy (non-hydrogen) atoms. The summed E-state index contributed by atoms with van der Waals surface area (Å²) in [7, 11) is 0. The van der Waals surface area contributed by atoms with E-state index in [0.29, 0.717) is 5.56 Å². The summed E-state index contributed by atoms with van der Waals surface area (Å²) in [5.41, 5.74) is 5.05. The first-order valence-electron chi connectivity index (χ1n) is 14.1. The number of fused-ring (bicyclic) bond motifs is 1. The summed E-state index contributed by atoms with van der Waals surface area (Å²) in [5.74, 6) is 0.780. The zero-order chi connectivity index (χ0) is 26.9. The van der Waals surface area contributed by atoms with Crippen molar-refractivity contribution in [1.29, 1.82) is 0 Å². The Morgan fingerprint density at radius 1 is 1.00 bits per heavy atom. The molecule has 9 heteroatoms. The van der Waals surface area contributed by atoms with Crippen LogP contribution in [0, 0.1) is 13.8 Å². The molecule has 204 valence electrons. The SMILES string of the molecule is Cc1cc(C)c2[nH]c(=O)c([C@H](c3nnnn3C3CCCCC3)N3CCN(Cc4ccc(Cl)cc4)CC3)cc2c1. The van der Waals surface area contributed by atoms with Gasteiger partial charge in [0.25, 0.3) is 5.56 Å². The molecule has 1 aliphatic carbocycles. The fraction of sp³-hybridized carbons (Fsp3) is 0.467. The van der Waals surface area contributed by atoms with Gasteiger partial charge in [-0.2, -0.15) is 0 Å². The van der Waals surface area contributed by atoms with Crippen LogP contribution in [0.1, 0.15) is 72.3 Å². The number of nitrogens with one attached hydrogen (secondary N) is 1. The molecule has 1 saturated carbocycles. The zero-order valence-corrected chi connectivity index (χ0v) is 23.5. The van der Waals surface area contributed by atoms with Crippen LogP contribution in [-0.4, -0.2) is 61.2 Å². The highest BCUT2D eigenvalue weighted by Crippen LogP contribution is 2.34. The maximum Gasteiger partial charge on any atom is 0.253 e. The number of rotatable bonds is 6. The fourth-order valence-electron chi connectivity index (χ4n) is 6.40. The van der Waals surface area contributed by atoms with Gasteiger partial charge in [-0.15, -0.1) is 5.10 Å². The van der Waals surface area contributed by atoms with Gasteiger partial charge in [0.1, 0.15) is 6.04 Å². The number of aromatic nitrogens is 5. The van der Waals surface area contributed by atoms with Crippen LogP contribution in [0.5, 0.6) is 0 Å². The lowest BCUT2D eigenvalue weighted by Crippen LogP contribution is -2.48. The third-order valence-corrected chi connectivity index (χ3v) is 8.64. The first-order valence-corrected chi connectivity index (χ1v) is 14.5. The van der Waals surface area contributed by atoms with Crippen molar-refractivity contribution in [3.63, 3.8) is 0 Å². The van der Waals surface area contributed by atoms with Crippen molar-refractivity contribution >= 4 is 22.5 Å². The Morgan fingerprint density at radius 3 is 2.49 bits per heavy atom. The van der Waals surface area contributed by atoms with E-state index in [9.17, 15) is 4.79 Å². The van der Waals surface area contributed by atoms with Gasteiger partial charge in [-0.3, -0.25) is 14.6 Å². The number of benzene rings is 2. The second-order valence-electron chi connectivity index (χ2n) is 11.2. The van der Waals surface area contributed by atoms with Crippen molar-refractivity contribution in [1.82, 2.24) is 35.0 Å². The summed E-state index contributed by atoms with van der Waals surface area (Å²) in [6, 6.07) is 14.4. The van der Waals surface area contributed by atoms with E-state index in [0.717, 1.165) is 72.9 Å². The predicted molar refractivity (Wildman–Crippen MR) is 154 cm³/mol. The summed E-state index contributed by atoms with van der Waals surface area (Å²) in [5, 5.41) is 15.0. The number of hydrogen-bond donors (Lipinski definition) is 1. The van der Waals surface area contributed by atoms with Gasteiger partial charge in [0.2, 0.25) is 0 Å². The molecule has 0 bridgehead atoms. The standard InChI is InChI=1S/C30H36ClN7O/c1-20-16-21(2)27-23(17-20)18-26(30(39)32-27)28(29-33-34-35-38(29)25-6-4-3-5-7-25)37-14-12-36(13-15-37)19-22-8-10-24(31)11-9-22/h8-11,16-18,25,28H,3-7,12-15,19H2,1-2H3,(H,32,39)/t28-/m1/s1. The highest BCUT2D eigenvalue weighted by Gasteiger charge is 2.34. The highest BCUT2D eigenvalue weighted by atomic mass is 35.5. The van der Waals surface area contributed by atoms with E-state index in [1.807, 2.05) is 23.7 Å². The van der Waals surface area contributed by atoms with Crippen LogP contribution in [0.3, 0.4) is 0 Å². The number of halogens is 1. The molecule has 1 saturated heterocycles. The van der Waals surface area contributed by atoms with Crippen LogP contribution in [0.2, 0.25) is 5.02 Å². The summed E-state index contributed by atoms with van der Waals surface area (Å²) in [6.07, 6.45) is 5.79. The molecule has 0 unspecified atom stereocenters. The van der Waals surface area contributed by atoms with Gasteiger partial charge in [0.15, 0.2) is 5.82 Å². The Kier molecular flexibility index (Phi) is 7.51. The predicted octanol–water partition coefficient (Wildman–Crippen LogP) is 5.20. The fourth-order valence-corrected chi connectivity index (χ4v) is 6.53. The van der Waals surface area contributed by atoms with Crippen LogP contribution in [-0.2, 0) is 6.54 Å². The van der Waals surface area contributed by atoms with Crippen LogP contribution >= 0.6 is 11.6 Å². The second-order valence-corrected chi connectivity index (χ2v) is 11.7. The van der Waals surface area contributed by atoms with Crippen molar-refractivity contribution in [3.05, 3.63) is 85.9 Å². The van der Waals surface area contributed by atoms with Gasteiger partial charge in [-0.25, -0.2) is 4.68 Å². The average Bonchev–Trinajstić information content (AvgIpc) is 3.42. The van der Waals surface area contributed by atoms with E-state index in [-0.39, 0.29) is 17.6 Å². The minimum Gasteiger partial charge on any atom is -0.321 e. The number of aromatic amines is 1. The number of hydrogen-bond acceptors (Lipinski definition) is 6. The molecule has 2 aromatic heterocycles. The molecule has 0 amide bonds. The Labute approximate surface area is 234 Å². The lowest BCUT2D eigenvalue weighted by Gasteiger charge is -2.39. The Hall–Kier alpha value is -3.07. The van der Waals surface area contributed by atoms with Crippen molar-refractivity contribution in [2.75, 3.05) is 26.2 Å². The minimum atomic E-state index is -0.312. The normalized spacial score (nSPS) is 18.5. The smallest absolute Gasteiger partial charge is 0.253 e. The molecule has 2 aliphatic rings. The molecule has 6 rings (SSSR count). The van der Waals surface area contributed by atoms with Gasteiger partial charge in [0, 0.05) is 43.3 Å². The molecule has 1 atom stereocenters. The lowest BCUT2D eigenvalue weighted by atomic mass is 9.95. The third-order valence-electron chi connectivity index (χ3n) is 8.39. The molecule has 3 heterocycles. The van der Waals surface area contributed by atoms with E-state index in [1.165, 1.54) is 30.4 Å². The van der Waals surface area contributed by atoms with Crippen molar-refractivity contribution in [3.8, 4) is 0 Å². The van der Waals surface area contributed by atoms with Crippen LogP contribution in [0.4, 0.5) is 0 Å². The van der Waals surface area contributed by atoms with Crippen LogP contribution < -0.4 is 5.56 Å². The second kappa shape index (κ2) is 11.2. The molecule has 0 spiro atoms. The zero-order valence-electron chi connectivity index (χ0n) is 22.7. The van der Waals surface area contributed by atoms with Gasteiger partial charge >= 0.3 is 0 Å². The topological polar surface area (TPSA) is 82.9 Å². The minimum absolute atomic E-state index is 0.0683. The highest BCUT2D eigenvalue weighted by molar-refractivity contribution is 6.30. The number of piperazine rings is 1. The number of nitrogens with zero attached hydrogens (tertiary/aromatic N) is 6.